The van der Waals surface area contributed by atoms with Gasteiger partial charge in [-0.1, -0.05) is 17.7 Å². The molecule has 0 bridgehead atoms. The molecule has 2 atom stereocenters. The number of nitrogens with zero attached hydrogens (tertiary/aromatic N) is 2. The normalized spacial score (nSPS) is 20.8. The molecule has 1 saturated heterocycles. The third-order valence-corrected chi connectivity index (χ3v) is 4.58. The third-order valence-electron chi connectivity index (χ3n) is 4.58. The highest BCUT2D eigenvalue weighted by Crippen LogP contribution is 2.28. The van der Waals surface area contributed by atoms with Gasteiger partial charge in [0.15, 0.2) is 0 Å². The Balaban J connectivity index is 1.78. The van der Waals surface area contributed by atoms with E-state index in [1.54, 1.807) is 0 Å². The van der Waals surface area contributed by atoms with E-state index >= 15 is 0 Å². The first-order valence-electron chi connectivity index (χ1n) is 8.60. The van der Waals surface area contributed by atoms with Crippen LogP contribution in [-0.4, -0.2) is 28.3 Å². The molecular weight excluding hydrogens is 302 g/mol. The Labute approximate surface area is 143 Å². The van der Waals surface area contributed by atoms with Crippen LogP contribution in [0.3, 0.4) is 0 Å². The number of carbonyl (C=O) groups is 1. The zero-order valence-corrected chi connectivity index (χ0v) is 14.6. The minimum absolute atomic E-state index is 0.0272. The van der Waals surface area contributed by atoms with Gasteiger partial charge in [0.1, 0.15) is 6.10 Å². The highest BCUT2D eigenvalue weighted by molar-refractivity contribution is 5.96. The molecule has 2 aromatic rings. The van der Waals surface area contributed by atoms with Crippen LogP contribution < -0.4 is 5.32 Å². The number of amides is 1. The molecule has 2 heterocycles. The van der Waals surface area contributed by atoms with E-state index in [2.05, 4.69) is 17.3 Å². The number of rotatable bonds is 4. The molecule has 0 spiro atoms. The van der Waals surface area contributed by atoms with Gasteiger partial charge >= 0.3 is 0 Å². The fraction of sp³-hybridized carbons (Fsp3) is 0.474. The molecule has 1 N–H and O–H groups in total. The smallest absolute Gasteiger partial charge is 0.251 e. The maximum Gasteiger partial charge on any atom is 0.251 e. The topological polar surface area (TPSA) is 56.1 Å². The summed E-state index contributed by atoms with van der Waals surface area (Å²) in [6, 6.07) is 5.93. The van der Waals surface area contributed by atoms with Crippen LogP contribution in [0.1, 0.15) is 52.9 Å². The first-order chi connectivity index (χ1) is 11.6. The van der Waals surface area contributed by atoms with Crippen molar-refractivity contribution in [3.63, 3.8) is 0 Å². The molecule has 0 aliphatic carbocycles. The van der Waals surface area contributed by atoms with Gasteiger partial charge in [-0.05, 0) is 45.2 Å². The predicted octanol–water partition coefficient (Wildman–Crippen LogP) is 3.17. The lowest BCUT2D eigenvalue weighted by Gasteiger charge is -2.32. The van der Waals surface area contributed by atoms with Crippen LogP contribution >= 0.6 is 0 Å². The van der Waals surface area contributed by atoms with Crippen molar-refractivity contribution < 1.29 is 9.53 Å². The van der Waals surface area contributed by atoms with Crippen LogP contribution in [-0.2, 0) is 11.3 Å². The number of aromatic nitrogens is 2. The Morgan fingerprint density at radius 3 is 3.00 bits per heavy atom. The van der Waals surface area contributed by atoms with Crippen molar-refractivity contribution >= 4 is 5.91 Å². The molecule has 1 aliphatic rings. The molecule has 0 saturated carbocycles. The molecule has 1 amide bonds. The summed E-state index contributed by atoms with van der Waals surface area (Å²) in [4.78, 5) is 12.7. The summed E-state index contributed by atoms with van der Waals surface area (Å²) in [6.45, 7) is 7.57. The summed E-state index contributed by atoms with van der Waals surface area (Å²) in [6.07, 6.45) is 5.59. The van der Waals surface area contributed by atoms with Crippen molar-refractivity contribution in [1.82, 2.24) is 15.1 Å². The van der Waals surface area contributed by atoms with Gasteiger partial charge in [0.2, 0.25) is 0 Å². The third kappa shape index (κ3) is 3.51. The van der Waals surface area contributed by atoms with E-state index in [9.17, 15) is 4.79 Å². The fourth-order valence-corrected chi connectivity index (χ4v) is 3.18. The Morgan fingerprint density at radius 1 is 1.42 bits per heavy atom. The molecule has 1 aromatic heterocycles. The maximum absolute atomic E-state index is 12.7. The van der Waals surface area contributed by atoms with E-state index < -0.39 is 0 Å². The minimum Gasteiger partial charge on any atom is -0.371 e. The van der Waals surface area contributed by atoms with E-state index in [-0.39, 0.29) is 18.1 Å². The second kappa shape index (κ2) is 7.18. The van der Waals surface area contributed by atoms with Crippen molar-refractivity contribution in [3.8, 4) is 0 Å². The Bertz CT molecular complexity index is 723. The Hall–Kier alpha value is -2.14. The minimum atomic E-state index is -0.131. The predicted molar refractivity (Wildman–Crippen MR) is 93.0 cm³/mol. The summed E-state index contributed by atoms with van der Waals surface area (Å²) in [7, 11) is 0. The summed E-state index contributed by atoms with van der Waals surface area (Å²) >= 11 is 0. The summed E-state index contributed by atoms with van der Waals surface area (Å²) in [5, 5.41) is 7.51. The number of benzene rings is 1. The number of aryl methyl sites for hydroxylation is 3. The van der Waals surface area contributed by atoms with Gasteiger partial charge in [-0.25, -0.2) is 0 Å². The largest absolute Gasteiger partial charge is 0.371 e. The molecule has 1 aliphatic heterocycles. The Kier molecular flexibility index (Phi) is 5.00. The standard InChI is InChI=1S/C19H25N3O2/c1-4-22-12-15(11-20-22)18-17(6-5-9-24-18)21-19(23)16-10-13(2)7-8-14(16)3/h7-8,10-12,17-18H,4-6,9H2,1-3H3,(H,21,23)/t17-,18+/m0/s1. The molecule has 3 rings (SSSR count). The monoisotopic (exact) mass is 327 g/mol. The molecule has 1 aromatic carbocycles. The number of carbonyl (C=O) groups excluding carboxylic acids is 1. The van der Waals surface area contributed by atoms with Gasteiger partial charge < -0.3 is 10.1 Å². The number of hydrogen-bond acceptors (Lipinski definition) is 3. The van der Waals surface area contributed by atoms with Crippen molar-refractivity contribution in [2.24, 2.45) is 0 Å². The van der Waals surface area contributed by atoms with E-state index in [0.29, 0.717) is 0 Å². The van der Waals surface area contributed by atoms with Gasteiger partial charge in [0.05, 0.1) is 12.2 Å². The second-order valence-electron chi connectivity index (χ2n) is 6.46. The van der Waals surface area contributed by atoms with Crippen molar-refractivity contribution in [1.29, 1.82) is 0 Å². The van der Waals surface area contributed by atoms with E-state index in [1.165, 1.54) is 0 Å². The highest BCUT2D eigenvalue weighted by atomic mass is 16.5. The van der Waals surface area contributed by atoms with Gasteiger partial charge in [-0.3, -0.25) is 9.48 Å². The highest BCUT2D eigenvalue weighted by Gasteiger charge is 2.30. The quantitative estimate of drug-likeness (QED) is 0.938. The average molecular weight is 327 g/mol. The summed E-state index contributed by atoms with van der Waals surface area (Å²) < 4.78 is 7.84. The van der Waals surface area contributed by atoms with Gasteiger partial charge in [-0.15, -0.1) is 0 Å². The average Bonchev–Trinajstić information content (AvgIpc) is 3.06. The SMILES string of the molecule is CCn1cc([C@H]2OCCC[C@@H]2NC(=O)c2cc(C)ccc2C)cn1. The molecule has 24 heavy (non-hydrogen) atoms. The Morgan fingerprint density at radius 2 is 2.25 bits per heavy atom. The lowest BCUT2D eigenvalue weighted by Crippen LogP contribution is -2.42. The van der Waals surface area contributed by atoms with Crippen LogP contribution in [0, 0.1) is 13.8 Å². The number of hydrogen-bond donors (Lipinski definition) is 1. The number of nitrogens with one attached hydrogen (secondary N) is 1. The molecule has 1 fully saturated rings. The zero-order valence-electron chi connectivity index (χ0n) is 14.6. The van der Waals surface area contributed by atoms with Crippen LogP contribution in [0.4, 0.5) is 0 Å². The van der Waals surface area contributed by atoms with E-state index in [0.717, 1.165) is 48.2 Å². The van der Waals surface area contributed by atoms with E-state index in [4.69, 9.17) is 4.74 Å². The van der Waals surface area contributed by atoms with Crippen molar-refractivity contribution in [3.05, 3.63) is 52.8 Å². The molecule has 0 unspecified atom stereocenters. The van der Waals surface area contributed by atoms with Crippen LogP contribution in [0.2, 0.25) is 0 Å². The number of ether oxygens (including phenoxy) is 1. The molecular formula is C19H25N3O2. The molecule has 0 radical (unpaired) electrons. The lowest BCUT2D eigenvalue weighted by molar-refractivity contribution is -0.00951. The van der Waals surface area contributed by atoms with Crippen molar-refractivity contribution in [2.75, 3.05) is 6.61 Å². The first-order valence-corrected chi connectivity index (χ1v) is 8.60. The molecule has 128 valence electrons. The second-order valence-corrected chi connectivity index (χ2v) is 6.46. The maximum atomic E-state index is 12.7. The van der Waals surface area contributed by atoms with Crippen LogP contribution in [0.25, 0.3) is 0 Å². The van der Waals surface area contributed by atoms with Gasteiger partial charge in [-0.2, -0.15) is 5.10 Å². The fourth-order valence-electron chi connectivity index (χ4n) is 3.18. The van der Waals surface area contributed by atoms with Crippen molar-refractivity contribution in [2.45, 2.75) is 52.3 Å². The summed E-state index contributed by atoms with van der Waals surface area (Å²) in [5.74, 6) is -0.0282. The molecule has 5 nitrogen and oxygen atoms in total. The molecule has 5 heteroatoms. The van der Waals surface area contributed by atoms with Gasteiger partial charge in [0, 0.05) is 30.5 Å². The van der Waals surface area contributed by atoms with Crippen LogP contribution in [0.5, 0.6) is 0 Å². The van der Waals surface area contributed by atoms with E-state index in [1.807, 2.05) is 49.1 Å². The zero-order chi connectivity index (χ0) is 17.1. The first kappa shape index (κ1) is 16.7. The van der Waals surface area contributed by atoms with Crippen LogP contribution in [0.15, 0.2) is 30.6 Å². The summed E-state index contributed by atoms with van der Waals surface area (Å²) in [5.41, 5.74) is 3.85. The lowest BCUT2D eigenvalue weighted by atomic mass is 9.97. The van der Waals surface area contributed by atoms with Gasteiger partial charge in [0.25, 0.3) is 5.91 Å².